The van der Waals surface area contributed by atoms with E-state index in [1.807, 2.05) is 0 Å². The first-order valence-corrected chi connectivity index (χ1v) is 5.28. The number of aromatic nitrogens is 2. The number of nitrogens with one attached hydrogen (secondary N) is 2. The van der Waals surface area contributed by atoms with Crippen LogP contribution >= 0.6 is 0 Å². The highest BCUT2D eigenvalue weighted by Gasteiger charge is 2.11. The molecule has 0 fully saturated rings. The number of carbonyl (C=O) groups excluding carboxylic acids is 1. The van der Waals surface area contributed by atoms with Crippen molar-refractivity contribution in [3.8, 4) is 0 Å². The first-order chi connectivity index (χ1) is 8.58. The molecule has 0 saturated carbocycles. The van der Waals surface area contributed by atoms with Gasteiger partial charge in [0, 0.05) is 17.3 Å². The van der Waals surface area contributed by atoms with Crippen LogP contribution in [0.4, 0.5) is 11.7 Å². The average Bonchev–Trinajstić information content (AvgIpc) is 2.73. The summed E-state index contributed by atoms with van der Waals surface area (Å²) in [6.45, 7) is 3.54. The topological polar surface area (TPSA) is 106 Å². The summed E-state index contributed by atoms with van der Waals surface area (Å²) in [5, 5.41) is 6.27. The van der Waals surface area contributed by atoms with Crippen LogP contribution < -0.4 is 16.6 Å². The van der Waals surface area contributed by atoms with Gasteiger partial charge in [0.2, 0.25) is 5.88 Å². The number of nitrogen functional groups attached to an aromatic ring is 1. The zero-order valence-corrected chi connectivity index (χ0v) is 10.0. The molecule has 2 rings (SSSR count). The Morgan fingerprint density at radius 1 is 1.28 bits per heavy atom. The minimum Gasteiger partial charge on any atom is -0.338 e. The van der Waals surface area contributed by atoms with E-state index in [0.717, 1.165) is 0 Å². The number of nitrogens with zero attached hydrogens (tertiary/aromatic N) is 2. The van der Waals surface area contributed by atoms with Gasteiger partial charge in [0.1, 0.15) is 5.82 Å². The molecule has 0 radical (unpaired) electrons. The van der Waals surface area contributed by atoms with Crippen LogP contribution in [0.25, 0.3) is 0 Å². The minimum absolute atomic E-state index is 0.300. The first kappa shape index (κ1) is 12.1. The van der Waals surface area contributed by atoms with Gasteiger partial charge in [-0.3, -0.25) is 10.1 Å². The van der Waals surface area contributed by atoms with Crippen molar-refractivity contribution in [1.29, 1.82) is 0 Å². The molecule has 0 saturated heterocycles. The summed E-state index contributed by atoms with van der Waals surface area (Å²) in [6.07, 6.45) is 0. The SMILES string of the molecule is Cc1cc(NC(=O)c2cc(C)nc(NN)c2)on1. The number of hydrogen-bond donors (Lipinski definition) is 3. The Morgan fingerprint density at radius 3 is 2.67 bits per heavy atom. The second kappa shape index (κ2) is 4.84. The Labute approximate surface area is 103 Å². The molecule has 2 aromatic rings. The fourth-order valence-electron chi connectivity index (χ4n) is 1.48. The second-order valence-corrected chi connectivity index (χ2v) is 3.81. The average molecular weight is 247 g/mol. The van der Waals surface area contributed by atoms with E-state index >= 15 is 0 Å². The number of pyridine rings is 1. The van der Waals surface area contributed by atoms with Crippen LogP contribution in [0, 0.1) is 13.8 Å². The molecule has 94 valence electrons. The summed E-state index contributed by atoms with van der Waals surface area (Å²) >= 11 is 0. The van der Waals surface area contributed by atoms with Gasteiger partial charge in [0.15, 0.2) is 0 Å². The van der Waals surface area contributed by atoms with Crippen LogP contribution in [0.5, 0.6) is 0 Å². The summed E-state index contributed by atoms with van der Waals surface area (Å²) in [5.74, 6) is 5.68. The second-order valence-electron chi connectivity index (χ2n) is 3.81. The zero-order chi connectivity index (χ0) is 13.1. The fraction of sp³-hybridized carbons (Fsp3) is 0.182. The highest BCUT2D eigenvalue weighted by molar-refractivity contribution is 6.04. The highest BCUT2D eigenvalue weighted by atomic mass is 16.5. The summed E-state index contributed by atoms with van der Waals surface area (Å²) in [7, 11) is 0. The molecule has 7 nitrogen and oxygen atoms in total. The lowest BCUT2D eigenvalue weighted by Gasteiger charge is -2.05. The number of hydrazine groups is 1. The quantitative estimate of drug-likeness (QED) is 0.556. The number of hydrogen-bond acceptors (Lipinski definition) is 6. The van der Waals surface area contributed by atoms with Crippen molar-refractivity contribution in [2.45, 2.75) is 13.8 Å². The van der Waals surface area contributed by atoms with Gasteiger partial charge in [-0.25, -0.2) is 10.8 Å². The van der Waals surface area contributed by atoms with Crippen molar-refractivity contribution in [3.05, 3.63) is 35.2 Å². The van der Waals surface area contributed by atoms with Crippen molar-refractivity contribution < 1.29 is 9.32 Å². The Kier molecular flexibility index (Phi) is 3.24. The fourth-order valence-corrected chi connectivity index (χ4v) is 1.48. The zero-order valence-electron chi connectivity index (χ0n) is 10.0. The maximum Gasteiger partial charge on any atom is 0.258 e. The lowest BCUT2D eigenvalue weighted by atomic mass is 10.2. The standard InChI is InChI=1S/C11H13N5O2/c1-6-3-8(5-9(13-6)15-12)11(17)14-10-4-7(2)16-18-10/h3-5H,12H2,1-2H3,(H,13,15)(H,14,17). The minimum atomic E-state index is -0.312. The van der Waals surface area contributed by atoms with Gasteiger partial charge in [-0.05, 0) is 26.0 Å². The molecule has 0 bridgehead atoms. The number of nitrogens with two attached hydrogens (primary N) is 1. The predicted octanol–water partition coefficient (Wildman–Crippen LogP) is 1.22. The van der Waals surface area contributed by atoms with E-state index in [1.165, 1.54) is 0 Å². The Morgan fingerprint density at radius 2 is 2.06 bits per heavy atom. The maximum atomic E-state index is 11.9. The third kappa shape index (κ3) is 2.64. The molecule has 0 aliphatic heterocycles. The van der Waals surface area contributed by atoms with E-state index in [1.54, 1.807) is 32.0 Å². The van der Waals surface area contributed by atoms with Crippen molar-refractivity contribution in [3.63, 3.8) is 0 Å². The normalized spacial score (nSPS) is 10.2. The van der Waals surface area contributed by atoms with Crippen molar-refractivity contribution in [2.24, 2.45) is 5.84 Å². The van der Waals surface area contributed by atoms with Crippen molar-refractivity contribution in [1.82, 2.24) is 10.1 Å². The summed E-state index contributed by atoms with van der Waals surface area (Å²) in [4.78, 5) is 16.0. The molecule has 0 aliphatic carbocycles. The maximum absolute atomic E-state index is 11.9. The highest BCUT2D eigenvalue weighted by Crippen LogP contribution is 2.13. The lowest BCUT2D eigenvalue weighted by molar-refractivity contribution is 0.102. The van der Waals surface area contributed by atoms with Gasteiger partial charge < -0.3 is 9.95 Å². The Bertz CT molecular complexity index is 579. The largest absolute Gasteiger partial charge is 0.338 e. The molecule has 0 spiro atoms. The van der Waals surface area contributed by atoms with E-state index in [4.69, 9.17) is 10.4 Å². The van der Waals surface area contributed by atoms with Gasteiger partial charge in [-0.1, -0.05) is 5.16 Å². The summed E-state index contributed by atoms with van der Waals surface area (Å²) < 4.78 is 4.91. The van der Waals surface area contributed by atoms with Crippen LogP contribution in [-0.4, -0.2) is 16.0 Å². The van der Waals surface area contributed by atoms with Crippen LogP contribution in [-0.2, 0) is 0 Å². The van der Waals surface area contributed by atoms with Gasteiger partial charge >= 0.3 is 0 Å². The van der Waals surface area contributed by atoms with E-state index in [-0.39, 0.29) is 5.91 Å². The van der Waals surface area contributed by atoms with Crippen LogP contribution in [0.2, 0.25) is 0 Å². The molecule has 0 aliphatic rings. The molecule has 1 amide bonds. The summed E-state index contributed by atoms with van der Waals surface area (Å²) in [6, 6.07) is 4.83. The molecule has 7 heteroatoms. The van der Waals surface area contributed by atoms with Crippen LogP contribution in [0.3, 0.4) is 0 Å². The molecule has 0 atom stereocenters. The van der Waals surface area contributed by atoms with E-state index < -0.39 is 0 Å². The molecule has 2 aromatic heterocycles. The molecular weight excluding hydrogens is 234 g/mol. The molecule has 2 heterocycles. The smallest absolute Gasteiger partial charge is 0.258 e. The van der Waals surface area contributed by atoms with Gasteiger partial charge in [0.05, 0.1) is 5.69 Å². The number of aryl methyl sites for hydroxylation is 2. The van der Waals surface area contributed by atoms with Gasteiger partial charge in [-0.2, -0.15) is 0 Å². The first-order valence-electron chi connectivity index (χ1n) is 5.28. The Balaban J connectivity index is 2.20. The predicted molar refractivity (Wildman–Crippen MR) is 66.0 cm³/mol. The van der Waals surface area contributed by atoms with Gasteiger partial charge in [-0.15, -0.1) is 0 Å². The third-order valence-electron chi connectivity index (χ3n) is 2.23. The summed E-state index contributed by atoms with van der Waals surface area (Å²) in [5.41, 5.74) is 4.22. The van der Waals surface area contributed by atoms with Crippen LogP contribution in [0.15, 0.2) is 22.7 Å². The van der Waals surface area contributed by atoms with E-state index in [9.17, 15) is 4.79 Å². The number of anilines is 2. The number of rotatable bonds is 3. The molecule has 0 aromatic carbocycles. The Hall–Kier alpha value is -2.41. The number of amides is 1. The lowest BCUT2D eigenvalue weighted by Crippen LogP contribution is -2.14. The molecular formula is C11H13N5O2. The molecule has 18 heavy (non-hydrogen) atoms. The monoisotopic (exact) mass is 247 g/mol. The van der Waals surface area contributed by atoms with Crippen molar-refractivity contribution in [2.75, 3.05) is 10.7 Å². The van der Waals surface area contributed by atoms with E-state index in [0.29, 0.717) is 28.7 Å². The molecule has 0 unspecified atom stereocenters. The van der Waals surface area contributed by atoms with E-state index in [2.05, 4.69) is 20.9 Å². The molecule has 4 N–H and O–H groups in total. The van der Waals surface area contributed by atoms with Crippen LogP contribution in [0.1, 0.15) is 21.7 Å². The van der Waals surface area contributed by atoms with Crippen molar-refractivity contribution >= 4 is 17.6 Å². The number of carbonyl (C=O) groups is 1. The third-order valence-corrected chi connectivity index (χ3v) is 2.23. The van der Waals surface area contributed by atoms with Gasteiger partial charge in [0.25, 0.3) is 5.91 Å².